The van der Waals surface area contributed by atoms with Crippen molar-refractivity contribution in [2.45, 2.75) is 25.3 Å². The van der Waals surface area contributed by atoms with Gasteiger partial charge in [-0.3, -0.25) is 4.79 Å². The molecule has 5 heteroatoms. The molecular weight excluding hydrogens is 264 g/mol. The largest absolute Gasteiger partial charge is 0.333 e. The summed E-state index contributed by atoms with van der Waals surface area (Å²) in [4.78, 5) is 21.4. The van der Waals surface area contributed by atoms with Crippen molar-refractivity contribution in [3.05, 3.63) is 36.3 Å². The highest BCUT2D eigenvalue weighted by molar-refractivity contribution is 5.93. The molecule has 0 N–H and O–H groups in total. The number of imidazole rings is 1. The first-order valence-electron chi connectivity index (χ1n) is 7.54. The van der Waals surface area contributed by atoms with Crippen LogP contribution in [0.4, 0.5) is 0 Å². The summed E-state index contributed by atoms with van der Waals surface area (Å²) >= 11 is 0. The van der Waals surface area contributed by atoms with Gasteiger partial charge in [-0.15, -0.1) is 0 Å². The van der Waals surface area contributed by atoms with E-state index in [2.05, 4.69) is 24.0 Å². The molecule has 0 aliphatic carbocycles. The highest BCUT2D eigenvalue weighted by atomic mass is 16.2. The molecular formula is C16H22N4O. The average molecular weight is 286 g/mol. The minimum Gasteiger partial charge on any atom is -0.333 e. The fourth-order valence-electron chi connectivity index (χ4n) is 3.06. The molecule has 1 saturated heterocycles. The Labute approximate surface area is 125 Å². The van der Waals surface area contributed by atoms with Crippen molar-refractivity contribution in [3.63, 3.8) is 0 Å². The third-order valence-corrected chi connectivity index (χ3v) is 4.05. The van der Waals surface area contributed by atoms with Crippen molar-refractivity contribution in [2.75, 3.05) is 27.2 Å². The average Bonchev–Trinajstić information content (AvgIpc) is 2.90. The Hall–Kier alpha value is -1.88. The van der Waals surface area contributed by atoms with E-state index in [1.807, 2.05) is 39.9 Å². The number of hydrogen-bond donors (Lipinski definition) is 0. The van der Waals surface area contributed by atoms with Gasteiger partial charge in [0.15, 0.2) is 0 Å². The number of fused-ring (bicyclic) bond motifs is 1. The number of likely N-dealkylation sites (N-methyl/N-ethyl adjacent to an activating group) is 1. The molecule has 2 aromatic heterocycles. The smallest absolute Gasteiger partial charge is 0.274 e. The van der Waals surface area contributed by atoms with Gasteiger partial charge in [-0.2, -0.15) is 0 Å². The van der Waals surface area contributed by atoms with Crippen molar-refractivity contribution in [3.8, 4) is 0 Å². The van der Waals surface area contributed by atoms with Gasteiger partial charge in [0.2, 0.25) is 0 Å². The second-order valence-corrected chi connectivity index (χ2v) is 6.00. The minimum absolute atomic E-state index is 0.0604. The summed E-state index contributed by atoms with van der Waals surface area (Å²) in [6.07, 6.45) is 7.12. The summed E-state index contributed by atoms with van der Waals surface area (Å²) in [6, 6.07) is 6.10. The standard InChI is InChI=1S/C16H22N4O/c1-18(2)11-13-7-3-6-10-20(13)16(21)14-12-19-9-5-4-8-15(19)17-14/h4-5,8-9,12-13H,3,6-7,10-11H2,1-2H3. The molecule has 3 rings (SSSR count). The van der Waals surface area contributed by atoms with Gasteiger partial charge in [-0.05, 0) is 45.5 Å². The Bertz CT molecular complexity index is 601. The fraction of sp³-hybridized carbons (Fsp3) is 0.500. The van der Waals surface area contributed by atoms with E-state index in [1.54, 1.807) is 0 Å². The zero-order chi connectivity index (χ0) is 14.8. The van der Waals surface area contributed by atoms with Crippen LogP contribution < -0.4 is 0 Å². The van der Waals surface area contributed by atoms with Gasteiger partial charge in [0.25, 0.3) is 5.91 Å². The molecule has 112 valence electrons. The van der Waals surface area contributed by atoms with Crippen molar-refractivity contribution >= 4 is 11.6 Å². The fourth-order valence-corrected chi connectivity index (χ4v) is 3.06. The molecule has 0 spiro atoms. The summed E-state index contributed by atoms with van der Waals surface area (Å²) in [6.45, 7) is 1.75. The quantitative estimate of drug-likeness (QED) is 0.865. The summed E-state index contributed by atoms with van der Waals surface area (Å²) in [5.74, 6) is 0.0604. The maximum atomic E-state index is 12.8. The second-order valence-electron chi connectivity index (χ2n) is 6.00. The van der Waals surface area contributed by atoms with Crippen molar-refractivity contribution in [1.82, 2.24) is 19.2 Å². The molecule has 3 heterocycles. The maximum absolute atomic E-state index is 12.8. The SMILES string of the molecule is CN(C)CC1CCCCN1C(=O)c1cn2ccccc2n1. The number of rotatable bonds is 3. The number of nitrogens with zero attached hydrogens (tertiary/aromatic N) is 4. The third kappa shape index (κ3) is 2.93. The number of piperidine rings is 1. The van der Waals surface area contributed by atoms with E-state index in [1.165, 1.54) is 6.42 Å². The molecule has 5 nitrogen and oxygen atoms in total. The number of likely N-dealkylation sites (tertiary alicyclic amines) is 1. The first-order valence-corrected chi connectivity index (χ1v) is 7.54. The lowest BCUT2D eigenvalue weighted by atomic mass is 10.0. The molecule has 1 unspecified atom stereocenters. The first kappa shape index (κ1) is 14.1. The Morgan fingerprint density at radius 1 is 1.38 bits per heavy atom. The minimum atomic E-state index is 0.0604. The van der Waals surface area contributed by atoms with Gasteiger partial charge < -0.3 is 14.2 Å². The molecule has 2 aromatic rings. The van der Waals surface area contributed by atoms with Crippen LogP contribution in [0.5, 0.6) is 0 Å². The number of carbonyl (C=O) groups excluding carboxylic acids is 1. The van der Waals surface area contributed by atoms with E-state index in [4.69, 9.17) is 0 Å². The van der Waals surface area contributed by atoms with Gasteiger partial charge in [-0.25, -0.2) is 4.98 Å². The maximum Gasteiger partial charge on any atom is 0.274 e. The highest BCUT2D eigenvalue weighted by Gasteiger charge is 2.29. The lowest BCUT2D eigenvalue weighted by Gasteiger charge is -2.36. The van der Waals surface area contributed by atoms with Crippen LogP contribution in [0.3, 0.4) is 0 Å². The van der Waals surface area contributed by atoms with Crippen molar-refractivity contribution < 1.29 is 4.79 Å². The number of pyridine rings is 1. The Morgan fingerprint density at radius 3 is 3.00 bits per heavy atom. The monoisotopic (exact) mass is 286 g/mol. The van der Waals surface area contributed by atoms with Crippen LogP contribution in [0.15, 0.2) is 30.6 Å². The number of aromatic nitrogens is 2. The molecule has 1 amide bonds. The van der Waals surface area contributed by atoms with E-state index in [9.17, 15) is 4.79 Å². The van der Waals surface area contributed by atoms with Crippen LogP contribution in [0.25, 0.3) is 5.65 Å². The predicted octanol–water partition coefficient (Wildman–Crippen LogP) is 1.89. The van der Waals surface area contributed by atoms with Crippen LogP contribution in [-0.4, -0.2) is 58.3 Å². The van der Waals surface area contributed by atoms with Crippen LogP contribution in [-0.2, 0) is 0 Å². The number of amides is 1. The first-order chi connectivity index (χ1) is 10.1. The van der Waals surface area contributed by atoms with Crippen LogP contribution >= 0.6 is 0 Å². The molecule has 1 atom stereocenters. The van der Waals surface area contributed by atoms with E-state index in [0.717, 1.165) is 31.6 Å². The predicted molar refractivity (Wildman–Crippen MR) is 82.4 cm³/mol. The third-order valence-electron chi connectivity index (χ3n) is 4.05. The molecule has 0 radical (unpaired) electrons. The van der Waals surface area contributed by atoms with Crippen LogP contribution in [0.1, 0.15) is 29.8 Å². The molecule has 1 fully saturated rings. The normalized spacial score (nSPS) is 19.4. The number of carbonyl (C=O) groups is 1. The summed E-state index contributed by atoms with van der Waals surface area (Å²) in [7, 11) is 4.12. The number of hydrogen-bond acceptors (Lipinski definition) is 3. The summed E-state index contributed by atoms with van der Waals surface area (Å²) in [5.41, 5.74) is 1.37. The zero-order valence-corrected chi connectivity index (χ0v) is 12.7. The van der Waals surface area contributed by atoms with Gasteiger partial charge in [0.1, 0.15) is 11.3 Å². The topological polar surface area (TPSA) is 40.9 Å². The van der Waals surface area contributed by atoms with Gasteiger partial charge in [0, 0.05) is 31.5 Å². The zero-order valence-electron chi connectivity index (χ0n) is 12.7. The molecule has 21 heavy (non-hydrogen) atoms. The van der Waals surface area contributed by atoms with E-state index >= 15 is 0 Å². The molecule has 1 aliphatic rings. The second kappa shape index (κ2) is 5.85. The van der Waals surface area contributed by atoms with Gasteiger partial charge in [0.05, 0.1) is 0 Å². The summed E-state index contributed by atoms with van der Waals surface area (Å²) in [5, 5.41) is 0. The highest BCUT2D eigenvalue weighted by Crippen LogP contribution is 2.20. The van der Waals surface area contributed by atoms with Crippen LogP contribution in [0.2, 0.25) is 0 Å². The lowest BCUT2D eigenvalue weighted by Crippen LogP contribution is -2.48. The Balaban J connectivity index is 1.84. The van der Waals surface area contributed by atoms with Gasteiger partial charge in [-0.1, -0.05) is 6.07 Å². The lowest BCUT2D eigenvalue weighted by molar-refractivity contribution is 0.0569. The molecule has 1 aliphatic heterocycles. The van der Waals surface area contributed by atoms with E-state index in [-0.39, 0.29) is 5.91 Å². The molecule has 0 aromatic carbocycles. The Kier molecular flexibility index (Phi) is 3.92. The van der Waals surface area contributed by atoms with Crippen molar-refractivity contribution in [2.24, 2.45) is 0 Å². The van der Waals surface area contributed by atoms with Gasteiger partial charge >= 0.3 is 0 Å². The van der Waals surface area contributed by atoms with Crippen LogP contribution in [0, 0.1) is 0 Å². The van der Waals surface area contributed by atoms with E-state index in [0.29, 0.717) is 11.7 Å². The molecule has 0 saturated carbocycles. The molecule has 0 bridgehead atoms. The van der Waals surface area contributed by atoms with E-state index < -0.39 is 0 Å². The van der Waals surface area contributed by atoms with Crippen molar-refractivity contribution in [1.29, 1.82) is 0 Å². The summed E-state index contributed by atoms with van der Waals surface area (Å²) < 4.78 is 1.90. The Morgan fingerprint density at radius 2 is 2.24 bits per heavy atom.